The van der Waals surface area contributed by atoms with Gasteiger partial charge in [0.25, 0.3) is 5.91 Å². The van der Waals surface area contributed by atoms with E-state index in [4.69, 9.17) is 4.42 Å². The Bertz CT molecular complexity index is 987. The SMILES string of the molecule is Cc1cc(C(=O)NNC(=O)CC2Sc3ccc(C(F)(F)F)cc3NC2=O)c(C)o1. The van der Waals surface area contributed by atoms with Crippen molar-refractivity contribution in [3.63, 3.8) is 0 Å². The first-order valence-corrected chi connectivity index (χ1v) is 9.27. The molecular formula is C18H16F3N3O4S. The van der Waals surface area contributed by atoms with Crippen LogP contribution in [-0.4, -0.2) is 23.0 Å². The van der Waals surface area contributed by atoms with Crippen molar-refractivity contribution in [3.05, 3.63) is 46.9 Å². The highest BCUT2D eigenvalue weighted by molar-refractivity contribution is 8.01. The number of aryl methyl sites for hydroxylation is 2. The number of hydrazine groups is 1. The molecule has 0 saturated carbocycles. The molecule has 3 N–H and O–H groups in total. The van der Waals surface area contributed by atoms with Crippen molar-refractivity contribution in [2.45, 2.75) is 36.6 Å². The summed E-state index contributed by atoms with van der Waals surface area (Å²) >= 11 is 0.981. The van der Waals surface area contributed by atoms with Crippen LogP contribution in [-0.2, 0) is 15.8 Å². The fraction of sp³-hybridized carbons (Fsp3) is 0.278. The van der Waals surface area contributed by atoms with Crippen LogP contribution in [0.2, 0.25) is 0 Å². The summed E-state index contributed by atoms with van der Waals surface area (Å²) in [7, 11) is 0. The number of alkyl halides is 3. The molecule has 0 fully saturated rings. The van der Waals surface area contributed by atoms with Crippen molar-refractivity contribution < 1.29 is 32.0 Å². The van der Waals surface area contributed by atoms with Gasteiger partial charge in [0.2, 0.25) is 11.8 Å². The molecule has 3 rings (SSSR count). The average molecular weight is 427 g/mol. The van der Waals surface area contributed by atoms with E-state index in [2.05, 4.69) is 16.2 Å². The van der Waals surface area contributed by atoms with Gasteiger partial charge >= 0.3 is 6.18 Å². The van der Waals surface area contributed by atoms with Gasteiger partial charge < -0.3 is 9.73 Å². The second-order valence-electron chi connectivity index (χ2n) is 6.34. The highest BCUT2D eigenvalue weighted by atomic mass is 32.2. The Kier molecular flexibility index (Phi) is 5.60. The number of halogens is 3. The maximum Gasteiger partial charge on any atom is 0.416 e. The van der Waals surface area contributed by atoms with Gasteiger partial charge in [-0.1, -0.05) is 0 Å². The van der Waals surface area contributed by atoms with Gasteiger partial charge in [0.05, 0.1) is 22.1 Å². The molecule has 0 saturated heterocycles. The van der Waals surface area contributed by atoms with E-state index in [1.165, 1.54) is 12.1 Å². The Hall–Kier alpha value is -2.95. The number of furan rings is 1. The molecule has 7 nitrogen and oxygen atoms in total. The number of anilines is 1. The highest BCUT2D eigenvalue weighted by Gasteiger charge is 2.34. The fourth-order valence-electron chi connectivity index (χ4n) is 2.73. The predicted molar refractivity (Wildman–Crippen MR) is 98.1 cm³/mol. The number of benzene rings is 1. The largest absolute Gasteiger partial charge is 0.466 e. The minimum Gasteiger partial charge on any atom is -0.466 e. The number of carbonyl (C=O) groups excluding carboxylic acids is 3. The molecule has 0 bridgehead atoms. The van der Waals surface area contributed by atoms with Gasteiger partial charge in [-0.2, -0.15) is 13.2 Å². The van der Waals surface area contributed by atoms with Crippen molar-refractivity contribution in [2.75, 3.05) is 5.32 Å². The van der Waals surface area contributed by atoms with Crippen LogP contribution in [0.25, 0.3) is 0 Å². The lowest BCUT2D eigenvalue weighted by atomic mass is 10.1. The maximum absolute atomic E-state index is 12.8. The van der Waals surface area contributed by atoms with Crippen molar-refractivity contribution in [1.82, 2.24) is 10.9 Å². The topological polar surface area (TPSA) is 100 Å². The Morgan fingerprint density at radius 1 is 1.21 bits per heavy atom. The minimum atomic E-state index is -4.52. The molecule has 0 spiro atoms. The third kappa shape index (κ3) is 4.73. The Morgan fingerprint density at radius 3 is 2.55 bits per heavy atom. The quantitative estimate of drug-likeness (QED) is 0.654. The highest BCUT2D eigenvalue weighted by Crippen LogP contribution is 2.40. The van der Waals surface area contributed by atoms with Crippen LogP contribution in [0, 0.1) is 13.8 Å². The first kappa shape index (κ1) is 20.8. The molecule has 1 aromatic carbocycles. The normalized spacial score (nSPS) is 16.0. The summed E-state index contributed by atoms with van der Waals surface area (Å²) in [5, 5.41) is 1.54. The van der Waals surface area contributed by atoms with Gasteiger partial charge in [0, 0.05) is 11.3 Å². The van der Waals surface area contributed by atoms with Gasteiger partial charge in [-0.25, -0.2) is 0 Å². The van der Waals surface area contributed by atoms with Crippen LogP contribution < -0.4 is 16.2 Å². The summed E-state index contributed by atoms with van der Waals surface area (Å²) in [5.74, 6) is -0.852. The van der Waals surface area contributed by atoms with E-state index < -0.39 is 34.7 Å². The molecule has 1 aliphatic heterocycles. The number of nitrogens with one attached hydrogen (secondary N) is 3. The number of amides is 3. The molecule has 154 valence electrons. The zero-order valence-electron chi connectivity index (χ0n) is 15.3. The lowest BCUT2D eigenvalue weighted by Gasteiger charge is -2.24. The lowest BCUT2D eigenvalue weighted by molar-refractivity contribution is -0.137. The number of rotatable bonds is 3. The molecule has 1 atom stereocenters. The van der Waals surface area contributed by atoms with Crippen LogP contribution in [0.1, 0.15) is 33.9 Å². The zero-order valence-corrected chi connectivity index (χ0v) is 16.1. The van der Waals surface area contributed by atoms with Gasteiger partial charge in [-0.05, 0) is 38.1 Å². The number of hydrogen-bond donors (Lipinski definition) is 3. The molecule has 1 aliphatic rings. The molecule has 29 heavy (non-hydrogen) atoms. The van der Waals surface area contributed by atoms with Crippen LogP contribution >= 0.6 is 11.8 Å². The first-order chi connectivity index (χ1) is 13.5. The first-order valence-electron chi connectivity index (χ1n) is 8.39. The van der Waals surface area contributed by atoms with Gasteiger partial charge in [-0.15, -0.1) is 11.8 Å². The Labute approximate surface area is 167 Å². The molecule has 0 radical (unpaired) electrons. The number of carbonyl (C=O) groups is 3. The van der Waals surface area contributed by atoms with E-state index in [1.807, 2.05) is 0 Å². The fourth-order valence-corrected chi connectivity index (χ4v) is 3.82. The van der Waals surface area contributed by atoms with E-state index in [1.54, 1.807) is 13.8 Å². The molecule has 11 heteroatoms. The van der Waals surface area contributed by atoms with Crippen molar-refractivity contribution in [3.8, 4) is 0 Å². The third-order valence-corrected chi connectivity index (χ3v) is 5.37. The van der Waals surface area contributed by atoms with Gasteiger partial charge in [-0.3, -0.25) is 25.2 Å². The van der Waals surface area contributed by atoms with E-state index in [9.17, 15) is 27.6 Å². The van der Waals surface area contributed by atoms with E-state index >= 15 is 0 Å². The summed E-state index contributed by atoms with van der Waals surface area (Å²) in [6.45, 7) is 3.28. The zero-order chi connectivity index (χ0) is 21.3. The lowest BCUT2D eigenvalue weighted by Crippen LogP contribution is -2.44. The average Bonchev–Trinajstić information content (AvgIpc) is 2.97. The smallest absolute Gasteiger partial charge is 0.416 e. The summed E-state index contributed by atoms with van der Waals surface area (Å²) in [5.41, 5.74) is 3.89. The Morgan fingerprint density at radius 2 is 1.93 bits per heavy atom. The van der Waals surface area contributed by atoms with Crippen molar-refractivity contribution in [2.24, 2.45) is 0 Å². The monoisotopic (exact) mass is 427 g/mol. The van der Waals surface area contributed by atoms with Crippen molar-refractivity contribution >= 4 is 35.2 Å². The van der Waals surface area contributed by atoms with E-state index in [0.29, 0.717) is 16.4 Å². The molecule has 1 unspecified atom stereocenters. The second-order valence-corrected chi connectivity index (χ2v) is 7.58. The molecule has 0 aliphatic carbocycles. The molecule has 1 aromatic heterocycles. The van der Waals surface area contributed by atoms with E-state index in [0.717, 1.165) is 23.9 Å². The van der Waals surface area contributed by atoms with Crippen LogP contribution in [0.5, 0.6) is 0 Å². The number of hydrogen-bond acceptors (Lipinski definition) is 5. The molecule has 2 heterocycles. The standard InChI is InChI=1S/C18H16F3N3O4S/c1-8-5-11(9(2)28-8)16(26)24-23-15(25)7-14-17(27)22-12-6-10(18(19,20)21)3-4-13(12)29-14/h3-6,14H,7H2,1-2H3,(H,22,27)(H,23,25)(H,24,26). The third-order valence-electron chi connectivity index (χ3n) is 4.10. The van der Waals surface area contributed by atoms with Crippen LogP contribution in [0.3, 0.4) is 0 Å². The summed E-state index contributed by atoms with van der Waals surface area (Å²) in [4.78, 5) is 36.7. The number of fused-ring (bicyclic) bond motifs is 1. The minimum absolute atomic E-state index is 0.0468. The van der Waals surface area contributed by atoms with E-state index in [-0.39, 0.29) is 17.7 Å². The summed E-state index contributed by atoms with van der Waals surface area (Å²) < 4.78 is 43.6. The van der Waals surface area contributed by atoms with Crippen LogP contribution in [0.4, 0.5) is 18.9 Å². The van der Waals surface area contributed by atoms with Crippen LogP contribution in [0.15, 0.2) is 33.6 Å². The summed E-state index contributed by atoms with van der Waals surface area (Å²) in [6, 6.07) is 4.54. The van der Waals surface area contributed by atoms with Crippen molar-refractivity contribution in [1.29, 1.82) is 0 Å². The number of thioether (sulfide) groups is 1. The Balaban J connectivity index is 1.59. The predicted octanol–water partition coefficient (Wildman–Crippen LogP) is 3.18. The molecular weight excluding hydrogens is 411 g/mol. The maximum atomic E-state index is 12.8. The molecule has 2 aromatic rings. The van der Waals surface area contributed by atoms with Gasteiger partial charge in [0.1, 0.15) is 11.5 Å². The second kappa shape index (κ2) is 7.82. The molecule has 3 amide bonds. The summed E-state index contributed by atoms with van der Waals surface area (Å²) in [6.07, 6.45) is -4.80. The van der Waals surface area contributed by atoms with Gasteiger partial charge in [0.15, 0.2) is 0 Å².